The third kappa shape index (κ3) is 3.16. The summed E-state index contributed by atoms with van der Waals surface area (Å²) >= 11 is 1.35. The zero-order chi connectivity index (χ0) is 13.1. The fourth-order valence-corrected chi connectivity index (χ4v) is 2.66. The van der Waals surface area contributed by atoms with Crippen LogP contribution in [0.4, 0.5) is 10.1 Å². The molecule has 1 aromatic carbocycles. The average molecular weight is 268 g/mol. The van der Waals surface area contributed by atoms with Gasteiger partial charge in [-0.1, -0.05) is 0 Å². The number of nitrogen functional groups attached to an aromatic ring is 1. The number of nitrogens with two attached hydrogens (primary N) is 1. The second-order valence-electron chi connectivity index (χ2n) is 4.38. The number of anilines is 1. The van der Waals surface area contributed by atoms with Gasteiger partial charge >= 0.3 is 0 Å². The van der Waals surface area contributed by atoms with Gasteiger partial charge in [-0.3, -0.25) is 4.79 Å². The minimum Gasteiger partial charge on any atom is -0.396 e. The van der Waals surface area contributed by atoms with Gasteiger partial charge in [0.1, 0.15) is 5.82 Å². The first-order chi connectivity index (χ1) is 8.61. The zero-order valence-corrected chi connectivity index (χ0v) is 11.2. The Balaban J connectivity index is 1.90. The molecule has 0 heterocycles. The molecule has 1 amide bonds. The molecule has 1 aromatic rings. The van der Waals surface area contributed by atoms with Crippen LogP contribution in [-0.2, 0) is 4.79 Å². The third-order valence-corrected chi connectivity index (χ3v) is 3.96. The topological polar surface area (TPSA) is 46.3 Å². The monoisotopic (exact) mass is 268 g/mol. The van der Waals surface area contributed by atoms with Crippen molar-refractivity contribution in [1.82, 2.24) is 4.90 Å². The summed E-state index contributed by atoms with van der Waals surface area (Å²) in [6.07, 6.45) is 2.22. The number of hydrogen-bond donors (Lipinski definition) is 1. The highest BCUT2D eigenvalue weighted by Gasteiger charge is 2.30. The highest BCUT2D eigenvalue weighted by Crippen LogP contribution is 2.28. The highest BCUT2D eigenvalue weighted by molar-refractivity contribution is 8.00. The maximum atomic E-state index is 13.2. The predicted octanol–water partition coefficient (Wildman–Crippen LogP) is 2.51. The van der Waals surface area contributed by atoms with Crippen molar-refractivity contribution < 1.29 is 9.18 Å². The SMILES string of the molecule is CCN(C(=O)CSc1ccc(N)c(F)c1)C1CC1. The first kappa shape index (κ1) is 13.2. The minimum atomic E-state index is -0.429. The number of carbonyl (C=O) groups excluding carboxylic acids is 1. The first-order valence-electron chi connectivity index (χ1n) is 6.09. The number of benzene rings is 1. The molecule has 0 saturated heterocycles. The molecular formula is C13H17FN2OS. The van der Waals surface area contributed by atoms with Gasteiger partial charge in [0, 0.05) is 17.5 Å². The van der Waals surface area contributed by atoms with E-state index in [2.05, 4.69) is 0 Å². The smallest absolute Gasteiger partial charge is 0.233 e. The summed E-state index contributed by atoms with van der Waals surface area (Å²) in [5.74, 6) is 0.0532. The summed E-state index contributed by atoms with van der Waals surface area (Å²) < 4.78 is 13.2. The molecule has 3 nitrogen and oxygen atoms in total. The van der Waals surface area contributed by atoms with Gasteiger partial charge in [-0.05, 0) is 38.0 Å². The van der Waals surface area contributed by atoms with Crippen LogP contribution in [0, 0.1) is 5.82 Å². The van der Waals surface area contributed by atoms with Crippen molar-refractivity contribution in [2.24, 2.45) is 0 Å². The van der Waals surface area contributed by atoms with Gasteiger partial charge < -0.3 is 10.6 Å². The summed E-state index contributed by atoms with van der Waals surface area (Å²) in [5, 5.41) is 0. The number of hydrogen-bond acceptors (Lipinski definition) is 3. The van der Waals surface area contributed by atoms with Crippen LogP contribution in [0.15, 0.2) is 23.1 Å². The van der Waals surface area contributed by atoms with Crippen molar-refractivity contribution in [3.8, 4) is 0 Å². The third-order valence-electron chi connectivity index (χ3n) is 2.98. The summed E-state index contributed by atoms with van der Waals surface area (Å²) in [4.78, 5) is 14.6. The van der Waals surface area contributed by atoms with Crippen LogP contribution in [0.3, 0.4) is 0 Å². The zero-order valence-electron chi connectivity index (χ0n) is 10.4. The lowest BCUT2D eigenvalue weighted by molar-refractivity contribution is -0.128. The van der Waals surface area contributed by atoms with E-state index in [4.69, 9.17) is 5.73 Å². The van der Waals surface area contributed by atoms with Gasteiger partial charge in [-0.25, -0.2) is 4.39 Å². The van der Waals surface area contributed by atoms with Gasteiger partial charge in [0.05, 0.1) is 11.4 Å². The van der Waals surface area contributed by atoms with Gasteiger partial charge in [-0.2, -0.15) is 0 Å². The number of amides is 1. The molecular weight excluding hydrogens is 251 g/mol. The van der Waals surface area contributed by atoms with Crippen LogP contribution >= 0.6 is 11.8 Å². The Morgan fingerprint density at radius 2 is 2.28 bits per heavy atom. The van der Waals surface area contributed by atoms with Crippen LogP contribution in [0.5, 0.6) is 0 Å². The van der Waals surface area contributed by atoms with Crippen LogP contribution in [0.2, 0.25) is 0 Å². The van der Waals surface area contributed by atoms with E-state index in [0.29, 0.717) is 11.8 Å². The molecule has 0 unspecified atom stereocenters. The lowest BCUT2D eigenvalue weighted by Gasteiger charge is -2.20. The molecule has 0 bridgehead atoms. The Kier molecular flexibility index (Phi) is 4.11. The van der Waals surface area contributed by atoms with Gasteiger partial charge in [0.2, 0.25) is 5.91 Å². The number of carbonyl (C=O) groups is 1. The van der Waals surface area contributed by atoms with Crippen molar-refractivity contribution in [3.05, 3.63) is 24.0 Å². The van der Waals surface area contributed by atoms with E-state index in [1.54, 1.807) is 6.07 Å². The maximum Gasteiger partial charge on any atom is 0.233 e. The van der Waals surface area contributed by atoms with Gasteiger partial charge in [0.25, 0.3) is 0 Å². The van der Waals surface area contributed by atoms with Crippen molar-refractivity contribution in [2.45, 2.75) is 30.7 Å². The molecule has 1 saturated carbocycles. The largest absolute Gasteiger partial charge is 0.396 e. The quantitative estimate of drug-likeness (QED) is 0.659. The summed E-state index contributed by atoms with van der Waals surface area (Å²) in [7, 11) is 0. The fraction of sp³-hybridized carbons (Fsp3) is 0.462. The Hall–Kier alpha value is -1.23. The van der Waals surface area contributed by atoms with Crippen molar-refractivity contribution >= 4 is 23.4 Å². The van der Waals surface area contributed by atoms with Crippen molar-refractivity contribution in [2.75, 3.05) is 18.0 Å². The second-order valence-corrected chi connectivity index (χ2v) is 5.43. The molecule has 0 aliphatic heterocycles. The van der Waals surface area contributed by atoms with Crippen LogP contribution in [0.25, 0.3) is 0 Å². The number of rotatable bonds is 5. The number of halogens is 1. The fourth-order valence-electron chi connectivity index (χ4n) is 1.85. The minimum absolute atomic E-state index is 0.127. The molecule has 98 valence electrons. The predicted molar refractivity (Wildman–Crippen MR) is 71.9 cm³/mol. The van der Waals surface area contributed by atoms with Crippen LogP contribution in [-0.4, -0.2) is 29.1 Å². The van der Waals surface area contributed by atoms with Crippen LogP contribution in [0.1, 0.15) is 19.8 Å². The molecule has 1 aliphatic rings. The summed E-state index contributed by atoms with van der Waals surface area (Å²) in [6.45, 7) is 2.74. The maximum absolute atomic E-state index is 13.2. The van der Waals surface area contributed by atoms with E-state index >= 15 is 0 Å². The van der Waals surface area contributed by atoms with E-state index in [-0.39, 0.29) is 11.6 Å². The summed E-state index contributed by atoms with van der Waals surface area (Å²) in [5.41, 5.74) is 5.54. The molecule has 1 fully saturated rings. The number of thioether (sulfide) groups is 1. The second kappa shape index (κ2) is 5.61. The molecule has 0 atom stereocenters. The lowest BCUT2D eigenvalue weighted by atomic mass is 10.3. The van der Waals surface area contributed by atoms with Gasteiger partial charge in [0.15, 0.2) is 0 Å². The Morgan fingerprint density at radius 3 is 2.83 bits per heavy atom. The molecule has 18 heavy (non-hydrogen) atoms. The van der Waals surface area contributed by atoms with E-state index in [9.17, 15) is 9.18 Å². The van der Waals surface area contributed by atoms with E-state index in [1.165, 1.54) is 23.9 Å². The van der Waals surface area contributed by atoms with Crippen molar-refractivity contribution in [1.29, 1.82) is 0 Å². The normalized spacial score (nSPS) is 14.6. The Bertz CT molecular complexity index is 449. The highest BCUT2D eigenvalue weighted by atomic mass is 32.2. The molecule has 1 aliphatic carbocycles. The standard InChI is InChI=1S/C13H17FN2OS/c1-2-16(9-3-4-9)13(17)8-18-10-5-6-12(15)11(14)7-10/h5-7,9H,2-4,8,15H2,1H3. The van der Waals surface area contributed by atoms with E-state index < -0.39 is 5.82 Å². The Labute approximate surface area is 111 Å². The average Bonchev–Trinajstić information content (AvgIpc) is 3.16. The van der Waals surface area contributed by atoms with E-state index in [1.807, 2.05) is 11.8 Å². The summed E-state index contributed by atoms with van der Waals surface area (Å²) in [6, 6.07) is 5.08. The van der Waals surface area contributed by atoms with E-state index in [0.717, 1.165) is 24.3 Å². The molecule has 0 radical (unpaired) electrons. The van der Waals surface area contributed by atoms with Crippen molar-refractivity contribution in [3.63, 3.8) is 0 Å². The van der Waals surface area contributed by atoms with Gasteiger partial charge in [-0.15, -0.1) is 11.8 Å². The molecule has 5 heteroatoms. The first-order valence-corrected chi connectivity index (χ1v) is 7.07. The molecule has 2 N–H and O–H groups in total. The molecule has 0 spiro atoms. The van der Waals surface area contributed by atoms with Crippen LogP contribution < -0.4 is 5.73 Å². The molecule has 0 aromatic heterocycles. The molecule has 2 rings (SSSR count). The number of nitrogens with zero attached hydrogens (tertiary/aromatic N) is 1. The Morgan fingerprint density at radius 1 is 1.56 bits per heavy atom. The lowest BCUT2D eigenvalue weighted by Crippen LogP contribution is -2.34.